The molecule has 2 N–H and O–H groups in total. The molecule has 0 aliphatic carbocycles. The molecular weight excluding hydrogens is 370 g/mol. The Labute approximate surface area is 161 Å². The van der Waals surface area contributed by atoms with Gasteiger partial charge in [0.15, 0.2) is 0 Å². The van der Waals surface area contributed by atoms with Crippen molar-refractivity contribution in [1.29, 1.82) is 0 Å². The van der Waals surface area contributed by atoms with Crippen LogP contribution in [0.25, 0.3) is 0 Å². The second kappa shape index (κ2) is 10.2. The third-order valence-corrected chi connectivity index (χ3v) is 3.88. The third kappa shape index (κ3) is 6.53. The van der Waals surface area contributed by atoms with Crippen LogP contribution >= 0.6 is 0 Å². The molecule has 2 aromatic rings. The van der Waals surface area contributed by atoms with E-state index in [1.165, 1.54) is 24.3 Å². The minimum atomic E-state index is -2.98. The fourth-order valence-electron chi connectivity index (χ4n) is 2.58. The summed E-state index contributed by atoms with van der Waals surface area (Å²) < 4.78 is 34.0. The van der Waals surface area contributed by atoms with Crippen molar-refractivity contribution in [3.05, 3.63) is 59.2 Å². The van der Waals surface area contributed by atoms with Crippen LogP contribution < -0.4 is 20.1 Å². The Hall–Kier alpha value is -3.16. The summed E-state index contributed by atoms with van der Waals surface area (Å²) in [5, 5.41) is 5.15. The average Bonchev–Trinajstić information content (AvgIpc) is 2.66. The Morgan fingerprint density at radius 3 is 2.61 bits per heavy atom. The maximum Gasteiger partial charge on any atom is 0.387 e. The minimum absolute atomic E-state index is 0.121. The van der Waals surface area contributed by atoms with Crippen molar-refractivity contribution < 1.29 is 27.8 Å². The molecule has 8 heteroatoms. The molecule has 0 radical (unpaired) electrons. The lowest BCUT2D eigenvalue weighted by Gasteiger charge is -2.11. The molecule has 0 atom stereocenters. The van der Waals surface area contributed by atoms with E-state index in [0.29, 0.717) is 13.0 Å². The van der Waals surface area contributed by atoms with Crippen molar-refractivity contribution in [2.24, 2.45) is 0 Å². The van der Waals surface area contributed by atoms with Crippen molar-refractivity contribution in [3.63, 3.8) is 0 Å². The van der Waals surface area contributed by atoms with E-state index in [4.69, 9.17) is 4.74 Å². The zero-order valence-electron chi connectivity index (χ0n) is 15.6. The van der Waals surface area contributed by atoms with Gasteiger partial charge in [0.25, 0.3) is 5.91 Å². The molecule has 0 saturated carbocycles. The van der Waals surface area contributed by atoms with Gasteiger partial charge < -0.3 is 20.1 Å². The molecule has 0 spiro atoms. The number of methoxy groups -OCH3 is 1. The van der Waals surface area contributed by atoms with Crippen LogP contribution in [0.3, 0.4) is 0 Å². The van der Waals surface area contributed by atoms with Crippen LogP contribution in [0.15, 0.2) is 42.5 Å². The van der Waals surface area contributed by atoms with Gasteiger partial charge in [-0.25, -0.2) is 0 Å². The number of benzene rings is 2. The largest absolute Gasteiger partial charge is 0.496 e. The Kier molecular flexibility index (Phi) is 7.74. The first-order chi connectivity index (χ1) is 13.4. The summed E-state index contributed by atoms with van der Waals surface area (Å²) in [6.07, 6.45) is 0.581. The van der Waals surface area contributed by atoms with Gasteiger partial charge in [-0.2, -0.15) is 8.78 Å². The second-order valence-corrected chi connectivity index (χ2v) is 6.00. The highest BCUT2D eigenvalue weighted by atomic mass is 19.3. The van der Waals surface area contributed by atoms with Crippen LogP contribution in [0, 0.1) is 6.92 Å². The fraction of sp³-hybridized carbons (Fsp3) is 0.300. The van der Waals surface area contributed by atoms with Gasteiger partial charge >= 0.3 is 6.61 Å². The number of alkyl halides is 2. The van der Waals surface area contributed by atoms with E-state index in [9.17, 15) is 18.4 Å². The SMILES string of the molecule is COc1ccc(C)cc1CCNC(=O)CNC(=O)c1cccc(OC(F)F)c1. The third-order valence-electron chi connectivity index (χ3n) is 3.88. The predicted octanol–water partition coefficient (Wildman–Crippen LogP) is 2.69. The molecule has 0 saturated heterocycles. The zero-order chi connectivity index (χ0) is 20.5. The quantitative estimate of drug-likeness (QED) is 0.688. The number of carbonyl (C=O) groups excluding carboxylic acids is 2. The van der Waals surface area contributed by atoms with Crippen LogP contribution in [0.5, 0.6) is 11.5 Å². The summed E-state index contributed by atoms with van der Waals surface area (Å²) in [4.78, 5) is 24.0. The van der Waals surface area contributed by atoms with Gasteiger partial charge in [0.1, 0.15) is 11.5 Å². The van der Waals surface area contributed by atoms with Crippen LogP contribution in [-0.2, 0) is 11.2 Å². The van der Waals surface area contributed by atoms with Crippen LogP contribution in [-0.4, -0.2) is 38.6 Å². The first kappa shape index (κ1) is 21.1. The number of aryl methyl sites for hydroxylation is 1. The van der Waals surface area contributed by atoms with Crippen molar-refractivity contribution in [2.75, 3.05) is 20.2 Å². The van der Waals surface area contributed by atoms with Gasteiger partial charge in [0, 0.05) is 12.1 Å². The summed E-state index contributed by atoms with van der Waals surface area (Å²) in [6.45, 7) is -0.856. The Balaban J connectivity index is 1.79. The molecule has 2 aromatic carbocycles. The van der Waals surface area contributed by atoms with Gasteiger partial charge in [0.05, 0.1) is 13.7 Å². The highest BCUT2D eigenvalue weighted by molar-refractivity contribution is 5.96. The topological polar surface area (TPSA) is 76.7 Å². The van der Waals surface area contributed by atoms with Gasteiger partial charge in [0.2, 0.25) is 5.91 Å². The van der Waals surface area contributed by atoms with E-state index in [1.54, 1.807) is 7.11 Å². The molecule has 0 fully saturated rings. The fourth-order valence-corrected chi connectivity index (χ4v) is 2.58. The number of rotatable bonds is 9. The highest BCUT2D eigenvalue weighted by Gasteiger charge is 2.11. The summed E-state index contributed by atoms with van der Waals surface area (Å²) in [5.41, 5.74) is 2.19. The highest BCUT2D eigenvalue weighted by Crippen LogP contribution is 2.19. The van der Waals surface area contributed by atoms with Gasteiger partial charge in [-0.15, -0.1) is 0 Å². The second-order valence-electron chi connectivity index (χ2n) is 6.00. The van der Waals surface area contributed by atoms with E-state index in [1.807, 2.05) is 25.1 Å². The molecule has 0 unspecified atom stereocenters. The Morgan fingerprint density at radius 2 is 1.89 bits per heavy atom. The molecule has 150 valence electrons. The Morgan fingerprint density at radius 1 is 1.11 bits per heavy atom. The van der Waals surface area contributed by atoms with Gasteiger partial charge in [-0.05, 0) is 43.2 Å². The maximum atomic E-state index is 12.2. The molecule has 28 heavy (non-hydrogen) atoms. The van der Waals surface area contributed by atoms with E-state index < -0.39 is 12.5 Å². The molecule has 0 aliphatic heterocycles. The molecular formula is C20H22F2N2O4. The lowest BCUT2D eigenvalue weighted by molar-refractivity contribution is -0.120. The standard InChI is InChI=1S/C20H22F2N2O4/c1-13-6-7-17(27-2)14(10-13)8-9-23-18(25)12-24-19(26)15-4-3-5-16(11-15)28-20(21)22/h3-7,10-11,20H,8-9,12H2,1-2H3,(H,23,25)(H,24,26). The monoisotopic (exact) mass is 392 g/mol. The summed E-state index contributed by atoms with van der Waals surface area (Å²) in [7, 11) is 1.59. The average molecular weight is 392 g/mol. The molecule has 6 nitrogen and oxygen atoms in total. The molecule has 0 aliphatic rings. The van der Waals surface area contributed by atoms with Crippen LogP contribution in [0.4, 0.5) is 8.78 Å². The van der Waals surface area contributed by atoms with E-state index >= 15 is 0 Å². The smallest absolute Gasteiger partial charge is 0.387 e. The van der Waals surface area contributed by atoms with Gasteiger partial charge in [-0.1, -0.05) is 23.8 Å². The van der Waals surface area contributed by atoms with Crippen molar-refractivity contribution in [1.82, 2.24) is 10.6 Å². The number of hydrogen-bond donors (Lipinski definition) is 2. The predicted molar refractivity (Wildman–Crippen MR) is 99.9 cm³/mol. The normalized spacial score (nSPS) is 10.5. The number of carbonyl (C=O) groups is 2. The van der Waals surface area contributed by atoms with Gasteiger partial charge in [-0.3, -0.25) is 9.59 Å². The summed E-state index contributed by atoms with van der Waals surface area (Å²) in [6, 6.07) is 11.2. The van der Waals surface area contributed by atoms with E-state index in [2.05, 4.69) is 15.4 Å². The zero-order valence-corrected chi connectivity index (χ0v) is 15.6. The minimum Gasteiger partial charge on any atom is -0.496 e. The molecule has 2 rings (SSSR count). The van der Waals surface area contributed by atoms with Crippen molar-refractivity contribution in [2.45, 2.75) is 20.0 Å². The number of nitrogens with one attached hydrogen (secondary N) is 2. The molecule has 2 amide bonds. The van der Waals surface area contributed by atoms with Crippen LogP contribution in [0.2, 0.25) is 0 Å². The van der Waals surface area contributed by atoms with E-state index in [-0.39, 0.29) is 23.8 Å². The number of hydrogen-bond acceptors (Lipinski definition) is 4. The van der Waals surface area contributed by atoms with Crippen molar-refractivity contribution in [3.8, 4) is 11.5 Å². The number of ether oxygens (including phenoxy) is 2. The molecule has 0 bridgehead atoms. The summed E-state index contributed by atoms with van der Waals surface area (Å²) in [5.74, 6) is -0.298. The lowest BCUT2D eigenvalue weighted by Crippen LogP contribution is -2.37. The van der Waals surface area contributed by atoms with E-state index in [0.717, 1.165) is 16.9 Å². The first-order valence-electron chi connectivity index (χ1n) is 8.62. The molecule has 0 aromatic heterocycles. The summed E-state index contributed by atoms with van der Waals surface area (Å²) >= 11 is 0. The maximum absolute atomic E-state index is 12.2. The Bertz CT molecular complexity index is 828. The first-order valence-corrected chi connectivity index (χ1v) is 8.62. The van der Waals surface area contributed by atoms with Crippen LogP contribution in [0.1, 0.15) is 21.5 Å². The molecule has 0 heterocycles. The lowest BCUT2D eigenvalue weighted by atomic mass is 10.1. The number of halogens is 2. The number of amides is 2. The van der Waals surface area contributed by atoms with Crippen molar-refractivity contribution >= 4 is 11.8 Å².